The Morgan fingerprint density at radius 2 is 2.07 bits per heavy atom. The summed E-state index contributed by atoms with van der Waals surface area (Å²) >= 11 is 5.92. The zero-order valence-electron chi connectivity index (χ0n) is 9.08. The first-order chi connectivity index (χ1) is 6.54. The molecule has 0 amide bonds. The van der Waals surface area contributed by atoms with Gasteiger partial charge in [-0.1, -0.05) is 25.4 Å². The topological polar surface area (TPSA) is 29.0 Å². The van der Waals surface area contributed by atoms with E-state index < -0.39 is 0 Å². The van der Waals surface area contributed by atoms with Gasteiger partial charge in [0.25, 0.3) is 0 Å². The molecule has 1 rings (SSSR count). The molecule has 0 unspecified atom stereocenters. The van der Waals surface area contributed by atoms with Crippen LogP contribution in [0.15, 0.2) is 6.07 Å². The first kappa shape index (κ1) is 11.2. The molecule has 1 aromatic heterocycles. The Bertz CT molecular complexity index is 312. The van der Waals surface area contributed by atoms with Crippen LogP contribution in [0.3, 0.4) is 0 Å². The highest BCUT2D eigenvalue weighted by Gasteiger charge is 2.08. The van der Waals surface area contributed by atoms with E-state index in [2.05, 4.69) is 30.7 Å². The fourth-order valence-electron chi connectivity index (χ4n) is 1.04. The van der Waals surface area contributed by atoms with Crippen molar-refractivity contribution in [3.8, 4) is 0 Å². The Morgan fingerprint density at radius 1 is 1.43 bits per heavy atom. The van der Waals surface area contributed by atoms with Gasteiger partial charge in [0.05, 0.1) is 0 Å². The van der Waals surface area contributed by atoms with E-state index in [-0.39, 0.29) is 0 Å². The molecule has 0 aliphatic rings. The van der Waals surface area contributed by atoms with Crippen LogP contribution in [0.1, 0.15) is 32.5 Å². The van der Waals surface area contributed by atoms with Crippen molar-refractivity contribution < 1.29 is 0 Å². The highest BCUT2D eigenvalue weighted by molar-refractivity contribution is 6.29. The van der Waals surface area contributed by atoms with Crippen molar-refractivity contribution in [1.82, 2.24) is 9.97 Å². The second kappa shape index (κ2) is 4.60. The van der Waals surface area contributed by atoms with Crippen LogP contribution in [0.5, 0.6) is 0 Å². The van der Waals surface area contributed by atoms with Gasteiger partial charge in [-0.25, -0.2) is 9.97 Å². The second-order valence-electron chi connectivity index (χ2n) is 3.58. The van der Waals surface area contributed by atoms with E-state index in [4.69, 9.17) is 11.6 Å². The minimum absolute atomic E-state index is 0.303. The molecule has 0 saturated carbocycles. The molecular weight excluding hydrogens is 198 g/mol. The summed E-state index contributed by atoms with van der Waals surface area (Å²) in [5.41, 5.74) is 0. The number of nitrogens with zero attached hydrogens (tertiary/aromatic N) is 3. The van der Waals surface area contributed by atoms with Crippen LogP contribution >= 0.6 is 11.6 Å². The first-order valence-electron chi connectivity index (χ1n) is 4.80. The van der Waals surface area contributed by atoms with Gasteiger partial charge in [0, 0.05) is 25.6 Å². The van der Waals surface area contributed by atoms with Gasteiger partial charge in [0.15, 0.2) is 0 Å². The normalized spacial score (nSPS) is 10.7. The predicted octanol–water partition coefficient (Wildman–Crippen LogP) is 2.71. The van der Waals surface area contributed by atoms with Crippen molar-refractivity contribution in [3.05, 3.63) is 17.0 Å². The van der Waals surface area contributed by atoms with E-state index in [0.717, 1.165) is 18.2 Å². The second-order valence-corrected chi connectivity index (χ2v) is 3.96. The molecule has 14 heavy (non-hydrogen) atoms. The zero-order chi connectivity index (χ0) is 10.7. The Kier molecular flexibility index (Phi) is 3.69. The van der Waals surface area contributed by atoms with E-state index in [1.165, 1.54) is 0 Å². The van der Waals surface area contributed by atoms with Crippen molar-refractivity contribution in [2.75, 3.05) is 18.5 Å². The highest BCUT2D eigenvalue weighted by atomic mass is 35.5. The summed E-state index contributed by atoms with van der Waals surface area (Å²) in [5.74, 6) is 1.99. The molecule has 0 spiro atoms. The Morgan fingerprint density at radius 3 is 2.57 bits per heavy atom. The molecule has 0 fully saturated rings. The van der Waals surface area contributed by atoms with Crippen LogP contribution in [0, 0.1) is 0 Å². The lowest BCUT2D eigenvalue weighted by Crippen LogP contribution is -2.18. The largest absolute Gasteiger partial charge is 0.360 e. The van der Waals surface area contributed by atoms with E-state index in [0.29, 0.717) is 11.1 Å². The maximum absolute atomic E-state index is 5.92. The summed E-state index contributed by atoms with van der Waals surface area (Å²) in [7, 11) is 1.99. The van der Waals surface area contributed by atoms with Crippen molar-refractivity contribution in [2.45, 2.75) is 26.7 Å². The molecule has 3 nitrogen and oxygen atoms in total. The van der Waals surface area contributed by atoms with E-state index in [1.807, 2.05) is 11.9 Å². The molecule has 0 radical (unpaired) electrons. The SMILES string of the molecule is CCN(C)c1cc(Cl)nc(C(C)C)n1. The summed E-state index contributed by atoms with van der Waals surface area (Å²) in [4.78, 5) is 10.7. The van der Waals surface area contributed by atoms with Crippen molar-refractivity contribution >= 4 is 17.4 Å². The monoisotopic (exact) mass is 213 g/mol. The van der Waals surface area contributed by atoms with Crippen LogP contribution in [0.4, 0.5) is 5.82 Å². The number of anilines is 1. The lowest BCUT2D eigenvalue weighted by atomic mass is 10.2. The molecule has 4 heteroatoms. The quantitative estimate of drug-likeness (QED) is 0.723. The maximum atomic E-state index is 5.92. The molecule has 0 aliphatic carbocycles. The molecule has 0 bridgehead atoms. The molecule has 0 aromatic carbocycles. The van der Waals surface area contributed by atoms with Gasteiger partial charge in [-0.3, -0.25) is 0 Å². The van der Waals surface area contributed by atoms with Crippen molar-refractivity contribution in [1.29, 1.82) is 0 Å². The van der Waals surface area contributed by atoms with Crippen LogP contribution < -0.4 is 4.90 Å². The van der Waals surface area contributed by atoms with E-state index >= 15 is 0 Å². The molecule has 0 aliphatic heterocycles. The fourth-order valence-corrected chi connectivity index (χ4v) is 1.22. The molecule has 1 aromatic rings. The van der Waals surface area contributed by atoms with E-state index in [1.54, 1.807) is 6.07 Å². The van der Waals surface area contributed by atoms with Gasteiger partial charge in [0.2, 0.25) is 0 Å². The lowest BCUT2D eigenvalue weighted by Gasteiger charge is -2.17. The van der Waals surface area contributed by atoms with E-state index in [9.17, 15) is 0 Å². The zero-order valence-corrected chi connectivity index (χ0v) is 9.84. The van der Waals surface area contributed by atoms with Gasteiger partial charge in [-0.15, -0.1) is 0 Å². The summed E-state index contributed by atoms with van der Waals surface area (Å²) in [6.07, 6.45) is 0. The summed E-state index contributed by atoms with van der Waals surface area (Å²) in [5, 5.41) is 0.513. The summed E-state index contributed by atoms with van der Waals surface area (Å²) in [6, 6.07) is 1.79. The van der Waals surface area contributed by atoms with Gasteiger partial charge in [-0.05, 0) is 6.92 Å². The van der Waals surface area contributed by atoms with Gasteiger partial charge >= 0.3 is 0 Å². The Balaban J connectivity index is 3.07. The maximum Gasteiger partial charge on any atom is 0.135 e. The van der Waals surface area contributed by atoms with Crippen molar-refractivity contribution in [3.63, 3.8) is 0 Å². The molecule has 0 atom stereocenters. The van der Waals surface area contributed by atoms with Gasteiger partial charge < -0.3 is 4.90 Å². The Labute approximate surface area is 90.1 Å². The van der Waals surface area contributed by atoms with Crippen LogP contribution in [-0.2, 0) is 0 Å². The Hall–Kier alpha value is -0.830. The number of rotatable bonds is 3. The molecule has 1 heterocycles. The number of hydrogen-bond donors (Lipinski definition) is 0. The smallest absolute Gasteiger partial charge is 0.135 e. The standard InChI is InChI=1S/C10H16ClN3/c1-5-14(4)9-6-8(11)12-10(13-9)7(2)3/h6-7H,5H2,1-4H3. The van der Waals surface area contributed by atoms with Gasteiger partial charge in [-0.2, -0.15) is 0 Å². The number of hydrogen-bond acceptors (Lipinski definition) is 3. The van der Waals surface area contributed by atoms with Gasteiger partial charge in [0.1, 0.15) is 16.8 Å². The molecular formula is C10H16ClN3. The van der Waals surface area contributed by atoms with Crippen LogP contribution in [0.25, 0.3) is 0 Å². The molecule has 78 valence electrons. The summed E-state index contributed by atoms with van der Waals surface area (Å²) < 4.78 is 0. The third-order valence-electron chi connectivity index (χ3n) is 2.08. The minimum atomic E-state index is 0.303. The predicted molar refractivity (Wildman–Crippen MR) is 60.1 cm³/mol. The molecule has 0 N–H and O–H groups in total. The fraction of sp³-hybridized carbons (Fsp3) is 0.600. The minimum Gasteiger partial charge on any atom is -0.360 e. The van der Waals surface area contributed by atoms with Crippen LogP contribution in [-0.4, -0.2) is 23.6 Å². The first-order valence-corrected chi connectivity index (χ1v) is 5.18. The highest BCUT2D eigenvalue weighted by Crippen LogP contribution is 2.18. The third-order valence-corrected chi connectivity index (χ3v) is 2.27. The summed E-state index contributed by atoms with van der Waals surface area (Å²) in [6.45, 7) is 7.10. The average Bonchev–Trinajstić information content (AvgIpc) is 2.15. The lowest BCUT2D eigenvalue weighted by molar-refractivity contribution is 0.765. The number of aromatic nitrogens is 2. The number of halogens is 1. The third kappa shape index (κ3) is 2.58. The molecule has 0 saturated heterocycles. The average molecular weight is 214 g/mol. The van der Waals surface area contributed by atoms with Crippen LogP contribution in [0.2, 0.25) is 5.15 Å². The van der Waals surface area contributed by atoms with Crippen molar-refractivity contribution in [2.24, 2.45) is 0 Å².